The predicted molar refractivity (Wildman–Crippen MR) is 211 cm³/mol. The quantitative estimate of drug-likeness (QED) is 0.137. The molecule has 2 unspecified atom stereocenters. The molecular formula is C44H57FN6O4. The van der Waals surface area contributed by atoms with Gasteiger partial charge in [-0.3, -0.25) is 9.69 Å². The average Bonchev–Trinajstić information content (AvgIpc) is 3.74. The van der Waals surface area contributed by atoms with E-state index in [9.17, 15) is 9.18 Å². The first-order chi connectivity index (χ1) is 26.3. The molecule has 1 N–H and O–H groups in total. The summed E-state index contributed by atoms with van der Waals surface area (Å²) in [5, 5.41) is 12.2. The van der Waals surface area contributed by atoms with Crippen molar-refractivity contribution in [2.45, 2.75) is 123 Å². The molecular weight excluding hydrogens is 696 g/mol. The first-order valence-corrected chi connectivity index (χ1v) is 19.9. The highest BCUT2D eigenvalue weighted by molar-refractivity contribution is 5.97. The minimum absolute atomic E-state index is 0.0507. The number of likely N-dealkylation sites (tertiary alicyclic amines) is 1. The van der Waals surface area contributed by atoms with Crippen LogP contribution in [0.4, 0.5) is 4.39 Å². The minimum atomic E-state index is -0.531. The van der Waals surface area contributed by atoms with Gasteiger partial charge in [0, 0.05) is 48.5 Å². The van der Waals surface area contributed by atoms with Crippen LogP contribution in [0, 0.1) is 22.6 Å². The van der Waals surface area contributed by atoms with E-state index in [4.69, 9.17) is 29.4 Å². The van der Waals surface area contributed by atoms with Gasteiger partial charge in [0.1, 0.15) is 18.2 Å². The van der Waals surface area contributed by atoms with Gasteiger partial charge in [-0.25, -0.2) is 14.4 Å². The number of halogens is 1. The van der Waals surface area contributed by atoms with E-state index in [1.165, 1.54) is 6.07 Å². The summed E-state index contributed by atoms with van der Waals surface area (Å²) in [7, 11) is 0. The van der Waals surface area contributed by atoms with E-state index >= 15 is 0 Å². The van der Waals surface area contributed by atoms with Crippen LogP contribution >= 0.6 is 0 Å². The number of amides is 1. The van der Waals surface area contributed by atoms with Crippen LogP contribution in [0.2, 0.25) is 0 Å². The third-order valence-corrected chi connectivity index (χ3v) is 11.3. The van der Waals surface area contributed by atoms with Gasteiger partial charge in [-0.2, -0.15) is 5.26 Å². The Kier molecular flexibility index (Phi) is 12.3. The van der Waals surface area contributed by atoms with Crippen molar-refractivity contribution in [2.24, 2.45) is 5.41 Å². The summed E-state index contributed by atoms with van der Waals surface area (Å²) in [4.78, 5) is 25.9. The van der Waals surface area contributed by atoms with E-state index in [0.717, 1.165) is 80.9 Å². The number of benzene rings is 2. The van der Waals surface area contributed by atoms with E-state index in [1.807, 2.05) is 64.1 Å². The van der Waals surface area contributed by atoms with Crippen molar-refractivity contribution in [1.82, 2.24) is 24.8 Å². The number of nitrogens with one attached hydrogen (secondary N) is 1. The summed E-state index contributed by atoms with van der Waals surface area (Å²) >= 11 is 0. The van der Waals surface area contributed by atoms with E-state index in [-0.39, 0.29) is 35.2 Å². The summed E-state index contributed by atoms with van der Waals surface area (Å²) < 4.78 is 34.5. The Hall–Kier alpha value is -4.37. The number of hydrogen-bond donors (Lipinski definition) is 1. The maximum Gasteiger partial charge on any atom is 0.251 e. The van der Waals surface area contributed by atoms with Gasteiger partial charge < -0.3 is 24.1 Å². The summed E-state index contributed by atoms with van der Waals surface area (Å²) in [6.45, 7) is 18.9. The molecule has 3 fully saturated rings. The van der Waals surface area contributed by atoms with Crippen LogP contribution < -0.4 is 10.1 Å². The summed E-state index contributed by atoms with van der Waals surface area (Å²) in [6, 6.07) is 18.0. The van der Waals surface area contributed by atoms with Crippen molar-refractivity contribution in [3.63, 3.8) is 0 Å². The van der Waals surface area contributed by atoms with Gasteiger partial charge in [0.05, 0.1) is 59.6 Å². The molecule has 4 heterocycles. The topological polar surface area (TPSA) is 115 Å². The molecule has 2 aromatic carbocycles. The molecule has 4 aromatic rings. The van der Waals surface area contributed by atoms with E-state index in [1.54, 1.807) is 12.1 Å². The Bertz CT molecular complexity index is 2010. The van der Waals surface area contributed by atoms with Gasteiger partial charge in [0.25, 0.3) is 5.91 Å². The molecule has 2 atom stereocenters. The predicted octanol–water partition coefficient (Wildman–Crippen LogP) is 8.32. The second-order valence-corrected chi connectivity index (χ2v) is 16.6. The number of nitriles is 1. The van der Waals surface area contributed by atoms with Gasteiger partial charge in [-0.05, 0) is 102 Å². The zero-order valence-corrected chi connectivity index (χ0v) is 33.6. The number of fused-ring (bicyclic) bond motifs is 1. The second kappa shape index (κ2) is 16.8. The smallest absolute Gasteiger partial charge is 0.251 e. The molecule has 55 heavy (non-hydrogen) atoms. The largest absolute Gasteiger partial charge is 0.473 e. The average molecular weight is 753 g/mol. The van der Waals surface area contributed by atoms with E-state index < -0.39 is 11.4 Å². The molecule has 2 aromatic heterocycles. The fraction of sp³-hybridized carbons (Fsp3) is 0.545. The number of hydrogen-bond acceptors (Lipinski definition) is 8. The van der Waals surface area contributed by atoms with Crippen LogP contribution in [0.5, 0.6) is 5.88 Å². The highest BCUT2D eigenvalue weighted by Crippen LogP contribution is 2.52. The first kappa shape index (κ1) is 40.3. The molecule has 1 amide bonds. The fourth-order valence-corrected chi connectivity index (χ4v) is 7.75. The van der Waals surface area contributed by atoms with Crippen LogP contribution in [0.1, 0.15) is 119 Å². The molecule has 2 saturated heterocycles. The number of aromatic nitrogens is 3. The summed E-state index contributed by atoms with van der Waals surface area (Å²) in [6.07, 6.45) is 5.32. The second-order valence-electron chi connectivity index (χ2n) is 16.6. The lowest BCUT2D eigenvalue weighted by molar-refractivity contribution is -0.0599. The third kappa shape index (κ3) is 9.54. The number of carbonyl (C=O) groups is 1. The van der Waals surface area contributed by atoms with Gasteiger partial charge in [-0.15, -0.1) is 0 Å². The van der Waals surface area contributed by atoms with Crippen molar-refractivity contribution >= 4 is 16.9 Å². The normalized spacial score (nSPS) is 19.3. The molecule has 11 heteroatoms. The Morgan fingerprint density at radius 3 is 2.56 bits per heavy atom. The molecule has 294 valence electrons. The molecule has 3 aliphatic rings. The van der Waals surface area contributed by atoms with Crippen molar-refractivity contribution < 1.29 is 23.4 Å². The Balaban J connectivity index is 0.00000253. The number of rotatable bonds is 14. The Labute approximate surface area is 325 Å². The molecule has 0 bridgehead atoms. The highest BCUT2D eigenvalue weighted by atomic mass is 19.1. The zero-order valence-electron chi connectivity index (χ0n) is 33.6. The molecule has 10 nitrogen and oxygen atoms in total. The van der Waals surface area contributed by atoms with Crippen LogP contribution in [0.3, 0.4) is 0 Å². The standard InChI is InChI=1S/C42H51FN6O4.C2H6/c1-6-41(4,5)53-27-40(2,3)47-39(50)29-12-13-35-36(19-29)49(22-32-15-17-51-32)37(45-35)23-48-25-42(26-48)16-14-30(20-42)34-8-7-9-38(46-34)52-24-31-11-10-28(21-44)18-33(31)43;1-2/h7-13,18-19,30,32H,6,14-17,20,22-27H2,1-5H3,(H,47,50);1-2H3. The van der Waals surface area contributed by atoms with Gasteiger partial charge in [-0.1, -0.05) is 32.9 Å². The van der Waals surface area contributed by atoms with Crippen molar-refractivity contribution in [2.75, 3.05) is 26.3 Å². The third-order valence-electron chi connectivity index (χ3n) is 11.3. The lowest BCUT2D eigenvalue weighted by Crippen LogP contribution is -2.54. The molecule has 7 rings (SSSR count). The Morgan fingerprint density at radius 2 is 1.87 bits per heavy atom. The SMILES string of the molecule is CC.CCC(C)(C)OCC(C)(C)NC(=O)c1ccc2nc(CN3CC4(CCC(c5cccc(OCc6ccc(C#N)cc6F)n5)C4)C3)n(CC3CCO3)c2c1. The minimum Gasteiger partial charge on any atom is -0.473 e. The van der Waals surface area contributed by atoms with E-state index in [0.29, 0.717) is 36.1 Å². The highest BCUT2D eigenvalue weighted by Gasteiger charge is 2.48. The van der Waals surface area contributed by atoms with Crippen molar-refractivity contribution in [3.05, 3.63) is 88.6 Å². The molecule has 2 aliphatic heterocycles. The maximum atomic E-state index is 14.4. The van der Waals surface area contributed by atoms with Gasteiger partial charge in [0.15, 0.2) is 0 Å². The number of pyridine rings is 1. The lowest BCUT2D eigenvalue weighted by atomic mass is 9.77. The number of carbonyl (C=O) groups excluding carboxylic acids is 1. The van der Waals surface area contributed by atoms with Gasteiger partial charge >= 0.3 is 0 Å². The molecule has 1 spiro atoms. The van der Waals surface area contributed by atoms with Gasteiger partial charge in [0.2, 0.25) is 5.88 Å². The van der Waals surface area contributed by atoms with Crippen LogP contribution in [-0.2, 0) is 29.2 Å². The van der Waals surface area contributed by atoms with Crippen LogP contribution in [0.25, 0.3) is 11.0 Å². The monoisotopic (exact) mass is 752 g/mol. The van der Waals surface area contributed by atoms with Crippen LogP contribution in [0.15, 0.2) is 54.6 Å². The number of nitrogens with zero attached hydrogens (tertiary/aromatic N) is 5. The molecule has 1 saturated carbocycles. The summed E-state index contributed by atoms with van der Waals surface area (Å²) in [5.41, 5.74) is 3.60. The van der Waals surface area contributed by atoms with E-state index in [2.05, 4.69) is 41.6 Å². The lowest BCUT2D eigenvalue weighted by Gasteiger charge is -2.48. The fourth-order valence-electron chi connectivity index (χ4n) is 7.75. The molecule has 0 radical (unpaired) electrons. The van der Waals surface area contributed by atoms with Crippen molar-refractivity contribution in [1.29, 1.82) is 5.26 Å². The maximum absolute atomic E-state index is 14.4. The zero-order chi connectivity index (χ0) is 39.4. The number of ether oxygens (including phenoxy) is 3. The molecule has 1 aliphatic carbocycles. The Morgan fingerprint density at radius 1 is 1.09 bits per heavy atom. The van der Waals surface area contributed by atoms with Crippen LogP contribution in [-0.4, -0.2) is 68.9 Å². The first-order valence-electron chi connectivity index (χ1n) is 19.9. The van der Waals surface area contributed by atoms with Crippen molar-refractivity contribution in [3.8, 4) is 11.9 Å². The summed E-state index contributed by atoms with van der Waals surface area (Å²) in [5.74, 6) is 1.23. The number of imidazole rings is 1.